The quantitative estimate of drug-likeness (QED) is 0.432. The first-order valence-electron chi connectivity index (χ1n) is 10.4. The van der Waals surface area contributed by atoms with Crippen molar-refractivity contribution in [3.8, 4) is 17.1 Å². The average molecular weight is 382 g/mol. The third kappa shape index (κ3) is 5.09. The maximum atomic E-state index is 14.5. The summed E-state index contributed by atoms with van der Waals surface area (Å²) in [4.78, 5) is 0.706. The summed E-state index contributed by atoms with van der Waals surface area (Å²) in [6.07, 6.45) is 8.29. The summed E-state index contributed by atoms with van der Waals surface area (Å²) < 4.78 is 16.4. The van der Waals surface area contributed by atoms with Crippen LogP contribution < -0.4 is 4.79 Å². The van der Waals surface area contributed by atoms with Gasteiger partial charge in [0.25, 0.3) is 0 Å². The first kappa shape index (κ1) is 21.9. The van der Waals surface area contributed by atoms with Gasteiger partial charge in [0.05, 0.1) is 5.56 Å². The van der Waals surface area contributed by atoms with Crippen LogP contribution in [0, 0.1) is 0 Å². The first-order valence-corrected chi connectivity index (χ1v) is 10.4. The molecule has 3 aromatic rings. The Morgan fingerprint density at radius 2 is 1.50 bits per heavy atom. The Labute approximate surface area is 169 Å². The van der Waals surface area contributed by atoms with E-state index in [2.05, 4.69) is 40.7 Å². The van der Waals surface area contributed by atoms with Crippen molar-refractivity contribution in [2.45, 2.75) is 65.7 Å². The van der Waals surface area contributed by atoms with E-state index in [1.165, 1.54) is 25.5 Å². The molecule has 3 heteroatoms. The lowest BCUT2D eigenvalue weighted by molar-refractivity contribution is -0.833. The van der Waals surface area contributed by atoms with E-state index < -0.39 is 0 Å². The van der Waals surface area contributed by atoms with Gasteiger partial charge in [0, 0.05) is 4.48 Å². The van der Waals surface area contributed by atoms with E-state index in [-0.39, 0.29) is 5.41 Å². The van der Waals surface area contributed by atoms with Crippen molar-refractivity contribution >= 4 is 0 Å². The normalized spacial score (nSPS) is 11.1. The van der Waals surface area contributed by atoms with Crippen molar-refractivity contribution in [3.05, 3.63) is 72.6 Å². The van der Waals surface area contributed by atoms with Crippen molar-refractivity contribution in [3.63, 3.8) is 0 Å². The van der Waals surface area contributed by atoms with E-state index in [0.29, 0.717) is 10.6 Å². The van der Waals surface area contributed by atoms with E-state index >= 15 is 0 Å². The Morgan fingerprint density at radius 3 is 2.07 bits per heavy atom. The molecular weight excluding hydrogens is 347 g/mol. The summed E-state index contributed by atoms with van der Waals surface area (Å²) in [5, 5.41) is 0. The lowest BCUT2D eigenvalue weighted by Gasteiger charge is -2.25. The summed E-state index contributed by atoms with van der Waals surface area (Å²) in [5.74, 6) is 0.549. The molecular formula is C25H34FN2+. The van der Waals surface area contributed by atoms with Crippen LogP contribution in [-0.2, 0) is 5.41 Å². The fourth-order valence-electron chi connectivity index (χ4n) is 3.22. The van der Waals surface area contributed by atoms with Crippen LogP contribution in [-0.4, -0.2) is 4.57 Å². The molecule has 1 heterocycles. The molecule has 0 aliphatic rings. The molecule has 0 bridgehead atoms. The fourth-order valence-corrected chi connectivity index (χ4v) is 3.22. The van der Waals surface area contributed by atoms with Crippen molar-refractivity contribution in [2.75, 3.05) is 0 Å². The van der Waals surface area contributed by atoms with Gasteiger partial charge in [-0.15, -0.1) is 0 Å². The van der Waals surface area contributed by atoms with Crippen molar-refractivity contribution in [1.29, 1.82) is 0 Å². The molecule has 3 rings (SSSR count). The minimum absolute atomic E-state index is 0.0185. The number of para-hydroxylation sites is 1. The molecule has 0 saturated carbocycles. The lowest BCUT2D eigenvalue weighted by atomic mass is 9.79. The zero-order valence-corrected chi connectivity index (χ0v) is 18.0. The van der Waals surface area contributed by atoms with Crippen LogP contribution in [0.25, 0.3) is 17.1 Å². The van der Waals surface area contributed by atoms with E-state index in [4.69, 9.17) is 0 Å². The Bertz CT molecular complexity index is 848. The molecule has 0 atom stereocenters. The van der Waals surface area contributed by atoms with Crippen LogP contribution in [0.2, 0.25) is 0 Å². The summed E-state index contributed by atoms with van der Waals surface area (Å²) >= 11 is 0. The number of benzene rings is 2. The maximum Gasteiger partial charge on any atom is 0.330 e. The molecule has 0 aliphatic carbocycles. The maximum absolute atomic E-state index is 14.5. The number of hydrogen-bond acceptors (Lipinski definition) is 0. The van der Waals surface area contributed by atoms with Crippen LogP contribution >= 0.6 is 0 Å². The van der Waals surface area contributed by atoms with Gasteiger partial charge in [0.15, 0.2) is 6.20 Å². The summed E-state index contributed by atoms with van der Waals surface area (Å²) in [7, 11) is 0. The second-order valence-corrected chi connectivity index (χ2v) is 7.78. The monoisotopic (exact) mass is 381 g/mol. The zero-order chi connectivity index (χ0) is 20.6. The minimum Gasteiger partial charge on any atom is -0.193 e. The van der Waals surface area contributed by atoms with Crippen molar-refractivity contribution < 1.29 is 9.27 Å². The molecule has 150 valence electrons. The zero-order valence-electron chi connectivity index (χ0n) is 18.0. The summed E-state index contributed by atoms with van der Waals surface area (Å²) in [6.45, 7) is 11.0. The van der Waals surface area contributed by atoms with E-state index in [9.17, 15) is 4.48 Å². The van der Waals surface area contributed by atoms with Crippen LogP contribution in [0.5, 0.6) is 0 Å². The number of unbranched alkanes of at least 4 members (excludes halogenated alkanes) is 2. The standard InChI is InChI=1S/C20H22FN2.C5H12/c1-4-20(2,3)18-13-9-8-12-17(18)19-22(14-15-23(19)21)16-10-6-5-7-11-16;1-3-5-4-2/h5-15H,4H2,1-3H3;3-5H2,1-2H3/q+1;. The Balaban J connectivity index is 0.000000500. The second-order valence-electron chi connectivity index (χ2n) is 7.78. The van der Waals surface area contributed by atoms with Gasteiger partial charge >= 0.3 is 5.82 Å². The van der Waals surface area contributed by atoms with Gasteiger partial charge in [-0.25, -0.2) is 0 Å². The predicted molar refractivity (Wildman–Crippen MR) is 116 cm³/mol. The van der Waals surface area contributed by atoms with Gasteiger partial charge in [-0.3, -0.25) is 0 Å². The Kier molecular flexibility index (Phi) is 7.98. The molecule has 0 fully saturated rings. The van der Waals surface area contributed by atoms with E-state index in [1.807, 2.05) is 53.1 Å². The highest BCUT2D eigenvalue weighted by atomic mass is 19.2. The Hall–Kier alpha value is -2.42. The molecule has 2 nitrogen and oxygen atoms in total. The third-order valence-electron chi connectivity index (χ3n) is 5.30. The third-order valence-corrected chi connectivity index (χ3v) is 5.30. The molecule has 0 spiro atoms. The lowest BCUT2D eigenvalue weighted by Crippen LogP contribution is -2.26. The molecule has 2 aromatic carbocycles. The molecule has 0 radical (unpaired) electrons. The van der Waals surface area contributed by atoms with E-state index in [1.54, 1.807) is 6.20 Å². The fraction of sp³-hybridized carbons (Fsp3) is 0.400. The van der Waals surface area contributed by atoms with Gasteiger partial charge in [-0.2, -0.15) is 4.57 Å². The number of aromatic nitrogens is 2. The smallest absolute Gasteiger partial charge is 0.193 e. The summed E-state index contributed by atoms with van der Waals surface area (Å²) in [5.41, 5.74) is 3.01. The topological polar surface area (TPSA) is 8.81 Å². The van der Waals surface area contributed by atoms with Gasteiger partial charge in [-0.05, 0) is 40.4 Å². The highest BCUT2D eigenvalue weighted by Crippen LogP contribution is 2.34. The predicted octanol–water partition coefficient (Wildman–Crippen LogP) is 7.05. The summed E-state index contributed by atoms with van der Waals surface area (Å²) in [6, 6.07) is 17.9. The molecule has 0 saturated heterocycles. The van der Waals surface area contributed by atoms with Crippen molar-refractivity contribution in [1.82, 2.24) is 4.57 Å². The van der Waals surface area contributed by atoms with Crippen LogP contribution in [0.4, 0.5) is 4.48 Å². The number of imidazole rings is 1. The van der Waals surface area contributed by atoms with Crippen molar-refractivity contribution in [2.24, 2.45) is 0 Å². The molecule has 1 aromatic heterocycles. The number of hydrogen-bond donors (Lipinski definition) is 0. The SMILES string of the molecule is CCC(C)(C)c1ccccc1-c1n(-c2ccccc2)cc[n+]1F.CCCCC. The van der Waals surface area contributed by atoms with Gasteiger partial charge in [-0.1, -0.05) is 90.3 Å². The molecule has 0 N–H and O–H groups in total. The Morgan fingerprint density at radius 1 is 0.893 bits per heavy atom. The number of nitrogens with zero attached hydrogens (tertiary/aromatic N) is 2. The minimum atomic E-state index is -0.0185. The highest BCUT2D eigenvalue weighted by molar-refractivity contribution is 5.62. The highest BCUT2D eigenvalue weighted by Gasteiger charge is 2.29. The molecule has 0 aliphatic heterocycles. The van der Waals surface area contributed by atoms with Gasteiger partial charge in [0.1, 0.15) is 11.9 Å². The number of rotatable bonds is 6. The second kappa shape index (κ2) is 10.2. The van der Waals surface area contributed by atoms with Crippen LogP contribution in [0.15, 0.2) is 67.0 Å². The van der Waals surface area contributed by atoms with Gasteiger partial charge < -0.3 is 0 Å². The largest absolute Gasteiger partial charge is 0.330 e. The van der Waals surface area contributed by atoms with Crippen LogP contribution in [0.3, 0.4) is 0 Å². The van der Waals surface area contributed by atoms with E-state index in [0.717, 1.165) is 23.2 Å². The molecule has 28 heavy (non-hydrogen) atoms. The molecule has 0 amide bonds. The average Bonchev–Trinajstić information content (AvgIpc) is 3.11. The van der Waals surface area contributed by atoms with Gasteiger partial charge in [0.2, 0.25) is 0 Å². The van der Waals surface area contributed by atoms with Crippen LogP contribution in [0.1, 0.15) is 65.9 Å². The first-order chi connectivity index (χ1) is 13.5. The number of halogens is 1. The molecule has 0 unspecified atom stereocenters.